The molecule has 4 rings (SSSR count). The standard InChI is InChI=1S/C19H12F3N7O/c20-19(21,22)11-30-15-3-1-14(2-4-15)26-18-27-17-16(25-5-6-29(17)28-18)13-7-12(8-23)9-24-10-13/h1-7,9-10H,11H2,(H,26,28). The predicted molar refractivity (Wildman–Crippen MR) is 100 cm³/mol. The van der Waals surface area contributed by atoms with Gasteiger partial charge < -0.3 is 10.1 Å². The Labute approximate surface area is 167 Å². The van der Waals surface area contributed by atoms with Crippen LogP contribution in [0.15, 0.2) is 55.1 Å². The first-order valence-electron chi connectivity index (χ1n) is 8.55. The molecule has 0 aliphatic carbocycles. The number of aromatic nitrogens is 5. The van der Waals surface area contributed by atoms with Gasteiger partial charge in [0, 0.05) is 36.0 Å². The second-order valence-electron chi connectivity index (χ2n) is 6.11. The second kappa shape index (κ2) is 7.67. The highest BCUT2D eigenvalue weighted by molar-refractivity contribution is 5.74. The van der Waals surface area contributed by atoms with Gasteiger partial charge in [0.2, 0.25) is 5.95 Å². The molecule has 0 fully saturated rings. The molecule has 0 saturated carbocycles. The number of ether oxygens (including phenoxy) is 1. The molecule has 0 aliphatic heterocycles. The van der Waals surface area contributed by atoms with Gasteiger partial charge in [-0.3, -0.25) is 9.97 Å². The largest absolute Gasteiger partial charge is 0.484 e. The number of anilines is 2. The molecule has 0 saturated heterocycles. The van der Waals surface area contributed by atoms with Crippen LogP contribution < -0.4 is 10.1 Å². The number of rotatable bonds is 5. The summed E-state index contributed by atoms with van der Waals surface area (Å²) in [6, 6.07) is 9.61. The van der Waals surface area contributed by atoms with Crippen LogP contribution in [0.2, 0.25) is 0 Å². The zero-order valence-electron chi connectivity index (χ0n) is 15.1. The van der Waals surface area contributed by atoms with E-state index in [1.807, 2.05) is 6.07 Å². The quantitative estimate of drug-likeness (QED) is 0.534. The molecule has 0 atom stereocenters. The van der Waals surface area contributed by atoms with Gasteiger partial charge in [-0.2, -0.15) is 23.4 Å². The maximum Gasteiger partial charge on any atom is 0.422 e. The van der Waals surface area contributed by atoms with Gasteiger partial charge in [0.1, 0.15) is 17.5 Å². The van der Waals surface area contributed by atoms with Crippen molar-refractivity contribution in [3.05, 3.63) is 60.7 Å². The number of nitrogens with one attached hydrogen (secondary N) is 1. The van der Waals surface area contributed by atoms with Crippen molar-refractivity contribution in [1.82, 2.24) is 24.6 Å². The Morgan fingerprint density at radius 1 is 1.17 bits per heavy atom. The highest BCUT2D eigenvalue weighted by Crippen LogP contribution is 2.24. The summed E-state index contributed by atoms with van der Waals surface area (Å²) >= 11 is 0. The third kappa shape index (κ3) is 4.27. The fourth-order valence-corrected chi connectivity index (χ4v) is 2.63. The van der Waals surface area contributed by atoms with E-state index in [9.17, 15) is 13.2 Å². The number of fused-ring (bicyclic) bond motifs is 1. The van der Waals surface area contributed by atoms with Gasteiger partial charge in [-0.05, 0) is 30.3 Å². The van der Waals surface area contributed by atoms with Crippen molar-refractivity contribution in [2.45, 2.75) is 6.18 Å². The summed E-state index contributed by atoms with van der Waals surface area (Å²) in [4.78, 5) is 12.8. The van der Waals surface area contributed by atoms with Crippen LogP contribution >= 0.6 is 0 Å². The molecule has 1 N–H and O–H groups in total. The highest BCUT2D eigenvalue weighted by atomic mass is 19.4. The molecule has 0 amide bonds. The Bertz CT molecular complexity index is 1230. The lowest BCUT2D eigenvalue weighted by Crippen LogP contribution is -2.19. The van der Waals surface area contributed by atoms with Gasteiger partial charge in [-0.15, -0.1) is 5.10 Å². The molecular weight excluding hydrogens is 399 g/mol. The molecule has 0 unspecified atom stereocenters. The highest BCUT2D eigenvalue weighted by Gasteiger charge is 2.28. The summed E-state index contributed by atoms with van der Waals surface area (Å²) in [6.07, 6.45) is 1.79. The van der Waals surface area contributed by atoms with E-state index in [0.717, 1.165) is 0 Å². The number of halogens is 3. The Morgan fingerprint density at radius 2 is 1.97 bits per heavy atom. The Balaban J connectivity index is 1.57. The fraction of sp³-hybridized carbons (Fsp3) is 0.105. The lowest BCUT2D eigenvalue weighted by molar-refractivity contribution is -0.153. The average molecular weight is 411 g/mol. The van der Waals surface area contributed by atoms with Gasteiger partial charge in [-0.25, -0.2) is 4.52 Å². The summed E-state index contributed by atoms with van der Waals surface area (Å²) in [7, 11) is 0. The zero-order chi connectivity index (χ0) is 21.1. The first kappa shape index (κ1) is 19.1. The van der Waals surface area contributed by atoms with E-state index >= 15 is 0 Å². The minimum absolute atomic E-state index is 0.0946. The molecule has 0 bridgehead atoms. The first-order valence-corrected chi connectivity index (χ1v) is 8.55. The van der Waals surface area contributed by atoms with E-state index in [1.54, 1.807) is 36.8 Å². The predicted octanol–water partition coefficient (Wildman–Crippen LogP) is 3.74. The van der Waals surface area contributed by atoms with Gasteiger partial charge in [-0.1, -0.05) is 0 Å². The lowest BCUT2D eigenvalue weighted by Gasteiger charge is -2.09. The number of benzene rings is 1. The third-order valence-electron chi connectivity index (χ3n) is 3.91. The number of alkyl halides is 3. The molecule has 0 radical (unpaired) electrons. The van der Waals surface area contributed by atoms with Gasteiger partial charge in [0.05, 0.1) is 5.56 Å². The monoisotopic (exact) mass is 411 g/mol. The Kier molecular flexibility index (Phi) is 4.89. The Morgan fingerprint density at radius 3 is 2.70 bits per heavy atom. The molecule has 150 valence electrons. The third-order valence-corrected chi connectivity index (χ3v) is 3.91. The summed E-state index contributed by atoms with van der Waals surface area (Å²) in [5.74, 6) is 0.356. The molecule has 11 heteroatoms. The molecular formula is C19H12F3N7O. The topological polar surface area (TPSA) is 101 Å². The number of hydrogen-bond donors (Lipinski definition) is 1. The van der Waals surface area contributed by atoms with Gasteiger partial charge in [0.15, 0.2) is 12.3 Å². The molecule has 1 aromatic carbocycles. The van der Waals surface area contributed by atoms with Gasteiger partial charge in [0.25, 0.3) is 0 Å². The molecule has 3 heterocycles. The molecule has 30 heavy (non-hydrogen) atoms. The summed E-state index contributed by atoms with van der Waals surface area (Å²) in [5.41, 5.74) is 2.51. The van der Waals surface area contributed by atoms with E-state index in [1.165, 1.54) is 22.8 Å². The van der Waals surface area contributed by atoms with Crippen molar-refractivity contribution in [2.24, 2.45) is 0 Å². The van der Waals surface area contributed by atoms with Crippen LogP contribution in [0.25, 0.3) is 16.9 Å². The molecule has 0 spiro atoms. The number of pyridine rings is 1. The van der Waals surface area contributed by atoms with Gasteiger partial charge >= 0.3 is 6.18 Å². The van der Waals surface area contributed by atoms with Crippen LogP contribution in [0.3, 0.4) is 0 Å². The van der Waals surface area contributed by atoms with Crippen molar-refractivity contribution < 1.29 is 17.9 Å². The van der Waals surface area contributed by atoms with Crippen LogP contribution in [0, 0.1) is 11.3 Å². The fourth-order valence-electron chi connectivity index (χ4n) is 2.63. The first-order chi connectivity index (χ1) is 14.4. The molecule has 8 nitrogen and oxygen atoms in total. The second-order valence-corrected chi connectivity index (χ2v) is 6.11. The maximum atomic E-state index is 12.2. The SMILES string of the molecule is N#Cc1cncc(-c2nccn3nc(Nc4ccc(OCC(F)(F)F)cc4)nc23)c1. The van der Waals surface area contributed by atoms with Crippen molar-refractivity contribution >= 4 is 17.3 Å². The van der Waals surface area contributed by atoms with Crippen molar-refractivity contribution in [3.8, 4) is 23.1 Å². The molecule has 4 aromatic rings. The van der Waals surface area contributed by atoms with E-state index in [0.29, 0.717) is 28.2 Å². The van der Waals surface area contributed by atoms with E-state index in [4.69, 9.17) is 5.26 Å². The lowest BCUT2D eigenvalue weighted by atomic mass is 10.1. The maximum absolute atomic E-state index is 12.2. The van der Waals surface area contributed by atoms with Crippen molar-refractivity contribution in [2.75, 3.05) is 11.9 Å². The molecule has 0 aliphatic rings. The minimum Gasteiger partial charge on any atom is -0.484 e. The number of hydrogen-bond acceptors (Lipinski definition) is 7. The van der Waals surface area contributed by atoms with E-state index in [2.05, 4.69) is 30.1 Å². The Hall–Kier alpha value is -4.20. The van der Waals surface area contributed by atoms with E-state index in [-0.39, 0.29) is 11.7 Å². The minimum atomic E-state index is -4.40. The van der Waals surface area contributed by atoms with Crippen LogP contribution in [-0.4, -0.2) is 37.3 Å². The molecule has 3 aromatic heterocycles. The number of nitrogens with zero attached hydrogens (tertiary/aromatic N) is 6. The van der Waals surface area contributed by atoms with Crippen LogP contribution in [-0.2, 0) is 0 Å². The zero-order valence-corrected chi connectivity index (χ0v) is 15.1. The average Bonchev–Trinajstić information content (AvgIpc) is 3.15. The normalized spacial score (nSPS) is 11.3. The number of nitriles is 1. The van der Waals surface area contributed by atoms with Crippen LogP contribution in [0.5, 0.6) is 5.75 Å². The van der Waals surface area contributed by atoms with Crippen LogP contribution in [0.1, 0.15) is 5.56 Å². The smallest absolute Gasteiger partial charge is 0.422 e. The van der Waals surface area contributed by atoms with E-state index < -0.39 is 12.8 Å². The van der Waals surface area contributed by atoms with Crippen molar-refractivity contribution in [1.29, 1.82) is 5.26 Å². The summed E-state index contributed by atoms with van der Waals surface area (Å²) < 4.78 is 42.9. The summed E-state index contributed by atoms with van der Waals surface area (Å²) in [5, 5.41) is 16.4. The summed E-state index contributed by atoms with van der Waals surface area (Å²) in [6.45, 7) is -1.36. The van der Waals surface area contributed by atoms with Crippen molar-refractivity contribution in [3.63, 3.8) is 0 Å². The van der Waals surface area contributed by atoms with Crippen LogP contribution in [0.4, 0.5) is 24.8 Å².